The molecule has 1 amide bonds. The van der Waals surface area contributed by atoms with Crippen LogP contribution in [-0.4, -0.2) is 41.2 Å². The van der Waals surface area contributed by atoms with E-state index in [4.69, 9.17) is 0 Å². The fourth-order valence-electron chi connectivity index (χ4n) is 4.31. The van der Waals surface area contributed by atoms with Crippen molar-refractivity contribution >= 4 is 15.9 Å². The van der Waals surface area contributed by atoms with Crippen molar-refractivity contribution < 1.29 is 35.2 Å². The van der Waals surface area contributed by atoms with Crippen molar-refractivity contribution in [2.45, 2.75) is 37.5 Å². The van der Waals surface area contributed by atoms with Gasteiger partial charge in [0, 0.05) is 36.6 Å². The Hall–Kier alpha value is -3.45. The van der Waals surface area contributed by atoms with Crippen molar-refractivity contribution in [3.8, 4) is 11.1 Å². The van der Waals surface area contributed by atoms with Crippen LogP contribution in [0.4, 0.5) is 22.0 Å². The molecule has 38 heavy (non-hydrogen) atoms. The van der Waals surface area contributed by atoms with Gasteiger partial charge in [-0.2, -0.15) is 17.5 Å². The Kier molecular flexibility index (Phi) is 7.53. The first-order valence-electron chi connectivity index (χ1n) is 11.5. The lowest BCUT2D eigenvalue weighted by Gasteiger charge is -2.25. The molecule has 0 aliphatic carbocycles. The van der Waals surface area contributed by atoms with E-state index in [-0.39, 0.29) is 40.9 Å². The quantitative estimate of drug-likeness (QED) is 0.456. The minimum Gasteiger partial charge on any atom is -0.351 e. The van der Waals surface area contributed by atoms with Crippen LogP contribution in [0.2, 0.25) is 0 Å². The molecule has 0 unspecified atom stereocenters. The Morgan fingerprint density at radius 1 is 1.05 bits per heavy atom. The second-order valence-electron chi connectivity index (χ2n) is 9.13. The van der Waals surface area contributed by atoms with Gasteiger partial charge in [-0.25, -0.2) is 27.2 Å². The average molecular weight is 555 g/mol. The number of nitrogens with one attached hydrogen (secondary N) is 1. The molecule has 1 aromatic heterocycles. The molecule has 1 saturated heterocycles. The van der Waals surface area contributed by atoms with E-state index in [1.807, 2.05) is 6.92 Å². The highest BCUT2D eigenvalue weighted by molar-refractivity contribution is 7.89. The summed E-state index contributed by atoms with van der Waals surface area (Å²) in [6, 6.07) is 7.12. The molecule has 2 heterocycles. The van der Waals surface area contributed by atoms with Crippen LogP contribution in [0.3, 0.4) is 0 Å². The molecule has 2 aromatic carbocycles. The standard InChI is InChI=1S/C25H23F5N4O3S/c1-14-13-34(38(36,37)19-6-4-18(26)5-7-19)22(15(14)2)23(35)31-10-16-3-8-21(27)20(9-16)17-11-32-24(33-12-17)25(28,29)30/h3-9,11-12,14-15,22H,10,13H2,1-2H3,(H,31,35)/t14-,15-,22-/m0/s1. The van der Waals surface area contributed by atoms with Gasteiger partial charge < -0.3 is 5.32 Å². The minimum absolute atomic E-state index is 0.0125. The molecule has 3 atom stereocenters. The first kappa shape index (κ1) is 27.6. The molecule has 1 fully saturated rings. The van der Waals surface area contributed by atoms with E-state index in [0.29, 0.717) is 5.56 Å². The topological polar surface area (TPSA) is 92.3 Å². The number of amides is 1. The molecule has 3 aromatic rings. The van der Waals surface area contributed by atoms with Crippen LogP contribution in [0.5, 0.6) is 0 Å². The third-order valence-corrected chi connectivity index (χ3v) is 8.44. The van der Waals surface area contributed by atoms with Gasteiger partial charge in [0.25, 0.3) is 0 Å². The minimum atomic E-state index is -4.74. The van der Waals surface area contributed by atoms with Crippen LogP contribution in [0.1, 0.15) is 25.2 Å². The number of sulfonamides is 1. The Morgan fingerprint density at radius 3 is 2.29 bits per heavy atom. The third kappa shape index (κ3) is 5.53. The number of hydrogen-bond donors (Lipinski definition) is 1. The summed E-state index contributed by atoms with van der Waals surface area (Å²) in [6.45, 7) is 3.57. The zero-order valence-electron chi connectivity index (χ0n) is 20.2. The maximum absolute atomic E-state index is 14.4. The van der Waals surface area contributed by atoms with E-state index in [1.54, 1.807) is 6.92 Å². The molecule has 0 radical (unpaired) electrons. The highest BCUT2D eigenvalue weighted by atomic mass is 32.2. The number of rotatable bonds is 6. The molecule has 13 heteroatoms. The number of aromatic nitrogens is 2. The van der Waals surface area contributed by atoms with Gasteiger partial charge in [0.1, 0.15) is 17.7 Å². The number of alkyl halides is 3. The molecule has 1 aliphatic rings. The van der Waals surface area contributed by atoms with Crippen molar-refractivity contribution in [2.24, 2.45) is 11.8 Å². The predicted molar refractivity (Wildman–Crippen MR) is 127 cm³/mol. The van der Waals surface area contributed by atoms with Crippen molar-refractivity contribution in [1.29, 1.82) is 0 Å². The lowest BCUT2D eigenvalue weighted by Crippen LogP contribution is -2.47. The molecule has 0 bridgehead atoms. The van der Waals surface area contributed by atoms with Crippen LogP contribution >= 0.6 is 0 Å². The van der Waals surface area contributed by atoms with Crippen molar-refractivity contribution in [1.82, 2.24) is 19.6 Å². The molecule has 4 rings (SSSR count). The van der Waals surface area contributed by atoms with Gasteiger partial charge in [0.15, 0.2) is 0 Å². The maximum Gasteiger partial charge on any atom is 0.451 e. The number of hydrogen-bond acceptors (Lipinski definition) is 5. The predicted octanol–water partition coefficient (Wildman–Crippen LogP) is 4.40. The van der Waals surface area contributed by atoms with Crippen LogP contribution in [0.15, 0.2) is 59.8 Å². The molecule has 0 saturated carbocycles. The Labute approximate surface area is 215 Å². The summed E-state index contributed by atoms with van der Waals surface area (Å²) in [5.41, 5.74) is 0.369. The van der Waals surface area contributed by atoms with Gasteiger partial charge in [-0.05, 0) is 53.8 Å². The van der Waals surface area contributed by atoms with Gasteiger partial charge in [0.2, 0.25) is 21.8 Å². The summed E-state index contributed by atoms with van der Waals surface area (Å²) in [5, 5.41) is 2.67. The summed E-state index contributed by atoms with van der Waals surface area (Å²) in [5.74, 6) is -3.72. The molecular weight excluding hydrogens is 531 g/mol. The smallest absolute Gasteiger partial charge is 0.351 e. The maximum atomic E-state index is 14.4. The van der Waals surface area contributed by atoms with E-state index in [0.717, 1.165) is 47.0 Å². The van der Waals surface area contributed by atoms with E-state index < -0.39 is 45.6 Å². The Bertz CT molecular complexity index is 1430. The molecule has 7 nitrogen and oxygen atoms in total. The largest absolute Gasteiger partial charge is 0.451 e. The fraction of sp³-hybridized carbons (Fsp3) is 0.320. The molecular formula is C25H23F5N4O3S. The SMILES string of the molecule is C[C@@H]1[C@@H](C(=O)NCc2ccc(F)c(-c3cnc(C(F)(F)F)nc3)c2)N(S(=O)(=O)c2ccc(F)cc2)C[C@@H]1C. The lowest BCUT2D eigenvalue weighted by molar-refractivity contribution is -0.145. The zero-order valence-corrected chi connectivity index (χ0v) is 21.0. The highest BCUT2D eigenvalue weighted by Gasteiger charge is 2.47. The highest BCUT2D eigenvalue weighted by Crippen LogP contribution is 2.34. The normalized spacial score (nSPS) is 20.4. The van der Waals surface area contributed by atoms with Gasteiger partial charge in [-0.3, -0.25) is 4.79 Å². The summed E-state index contributed by atoms with van der Waals surface area (Å²) in [7, 11) is -4.10. The summed E-state index contributed by atoms with van der Waals surface area (Å²) in [4.78, 5) is 19.5. The monoisotopic (exact) mass is 554 g/mol. The van der Waals surface area contributed by atoms with Crippen LogP contribution < -0.4 is 5.32 Å². The Morgan fingerprint density at radius 2 is 1.68 bits per heavy atom. The van der Waals surface area contributed by atoms with E-state index in [9.17, 15) is 35.2 Å². The summed E-state index contributed by atoms with van der Waals surface area (Å²) in [6.07, 6.45) is -3.02. The number of carbonyl (C=O) groups excluding carboxylic acids is 1. The first-order valence-corrected chi connectivity index (χ1v) is 13.0. The van der Waals surface area contributed by atoms with Gasteiger partial charge in [-0.1, -0.05) is 19.9 Å². The van der Waals surface area contributed by atoms with Crippen LogP contribution in [-0.2, 0) is 27.5 Å². The first-order chi connectivity index (χ1) is 17.8. The second kappa shape index (κ2) is 10.4. The zero-order chi connectivity index (χ0) is 27.8. The van der Waals surface area contributed by atoms with E-state index in [2.05, 4.69) is 15.3 Å². The van der Waals surface area contributed by atoms with Gasteiger partial charge >= 0.3 is 6.18 Å². The second-order valence-corrected chi connectivity index (χ2v) is 11.0. The van der Waals surface area contributed by atoms with Crippen LogP contribution in [0.25, 0.3) is 11.1 Å². The molecule has 1 N–H and O–H groups in total. The number of benzene rings is 2. The number of carbonyl (C=O) groups is 1. The number of nitrogens with zero attached hydrogens (tertiary/aromatic N) is 3. The molecule has 0 spiro atoms. The van der Waals surface area contributed by atoms with Crippen molar-refractivity contribution in [3.05, 3.63) is 77.9 Å². The van der Waals surface area contributed by atoms with E-state index >= 15 is 0 Å². The van der Waals surface area contributed by atoms with Gasteiger partial charge in [-0.15, -0.1) is 0 Å². The average Bonchev–Trinajstić information content (AvgIpc) is 3.18. The fourth-order valence-corrected chi connectivity index (χ4v) is 6.08. The summed E-state index contributed by atoms with van der Waals surface area (Å²) >= 11 is 0. The van der Waals surface area contributed by atoms with Gasteiger partial charge in [0.05, 0.1) is 4.90 Å². The van der Waals surface area contributed by atoms with E-state index in [1.165, 1.54) is 12.1 Å². The van der Waals surface area contributed by atoms with Crippen LogP contribution in [0, 0.1) is 23.5 Å². The molecule has 202 valence electrons. The molecule has 1 aliphatic heterocycles. The van der Waals surface area contributed by atoms with Crippen molar-refractivity contribution in [3.63, 3.8) is 0 Å². The van der Waals surface area contributed by atoms with Crippen molar-refractivity contribution in [2.75, 3.05) is 6.54 Å². The summed E-state index contributed by atoms with van der Waals surface area (Å²) < 4.78 is 93.6. The Balaban J connectivity index is 1.53. The third-order valence-electron chi connectivity index (χ3n) is 6.58. The lowest BCUT2D eigenvalue weighted by atomic mass is 9.94. The number of halogens is 5.